The number of ether oxygens (including phenoxy) is 3. The SMILES string of the molecule is COCc1cc(NN)nc(-c2ccc(OC)c(OC)c2)n1. The summed E-state index contributed by atoms with van der Waals surface area (Å²) in [6.45, 7) is 0.373. The summed E-state index contributed by atoms with van der Waals surface area (Å²) in [7, 11) is 4.77. The summed E-state index contributed by atoms with van der Waals surface area (Å²) in [5, 5.41) is 0. The second-order valence-electron chi connectivity index (χ2n) is 4.22. The first-order valence-corrected chi connectivity index (χ1v) is 6.27. The van der Waals surface area contributed by atoms with Crippen LogP contribution in [-0.4, -0.2) is 31.3 Å². The van der Waals surface area contributed by atoms with Crippen LogP contribution in [0.2, 0.25) is 0 Å². The van der Waals surface area contributed by atoms with Crippen molar-refractivity contribution in [1.82, 2.24) is 9.97 Å². The van der Waals surface area contributed by atoms with Crippen LogP contribution < -0.4 is 20.7 Å². The lowest BCUT2D eigenvalue weighted by Gasteiger charge is -2.10. The summed E-state index contributed by atoms with van der Waals surface area (Å²) >= 11 is 0. The standard InChI is InChI=1S/C14H18N4O3/c1-19-8-10-7-13(18-15)17-14(16-10)9-4-5-11(20-2)12(6-9)21-3/h4-7H,8,15H2,1-3H3,(H,16,17,18). The van der Waals surface area contributed by atoms with Crippen molar-refractivity contribution < 1.29 is 14.2 Å². The summed E-state index contributed by atoms with van der Waals surface area (Å²) in [5.41, 5.74) is 4.05. The molecule has 0 spiro atoms. The Morgan fingerprint density at radius 1 is 1.05 bits per heavy atom. The molecule has 21 heavy (non-hydrogen) atoms. The van der Waals surface area contributed by atoms with Gasteiger partial charge in [0.05, 0.1) is 26.5 Å². The van der Waals surface area contributed by atoms with E-state index in [0.29, 0.717) is 29.7 Å². The molecule has 0 saturated carbocycles. The zero-order valence-corrected chi connectivity index (χ0v) is 12.2. The van der Waals surface area contributed by atoms with E-state index in [2.05, 4.69) is 15.4 Å². The Bertz CT molecular complexity index is 619. The molecule has 0 atom stereocenters. The van der Waals surface area contributed by atoms with Gasteiger partial charge in [-0.3, -0.25) is 0 Å². The van der Waals surface area contributed by atoms with E-state index in [1.807, 2.05) is 12.1 Å². The van der Waals surface area contributed by atoms with Crippen LogP contribution >= 0.6 is 0 Å². The van der Waals surface area contributed by atoms with E-state index in [0.717, 1.165) is 11.3 Å². The molecular weight excluding hydrogens is 272 g/mol. The third kappa shape index (κ3) is 3.39. The van der Waals surface area contributed by atoms with Crippen molar-refractivity contribution >= 4 is 5.82 Å². The molecule has 0 saturated heterocycles. The molecule has 3 N–H and O–H groups in total. The molecule has 0 fully saturated rings. The second kappa shape index (κ2) is 6.87. The summed E-state index contributed by atoms with van der Waals surface area (Å²) in [5.74, 6) is 7.73. The molecule has 0 aliphatic heterocycles. The number of hydrogen-bond donors (Lipinski definition) is 2. The lowest BCUT2D eigenvalue weighted by atomic mass is 10.2. The smallest absolute Gasteiger partial charge is 0.162 e. The maximum absolute atomic E-state index is 5.44. The molecule has 0 bridgehead atoms. The maximum atomic E-state index is 5.44. The first kappa shape index (κ1) is 15.0. The number of nitrogens with zero attached hydrogens (tertiary/aromatic N) is 2. The van der Waals surface area contributed by atoms with Gasteiger partial charge < -0.3 is 19.6 Å². The van der Waals surface area contributed by atoms with Gasteiger partial charge in [0.2, 0.25) is 0 Å². The topological polar surface area (TPSA) is 91.5 Å². The van der Waals surface area contributed by atoms with Gasteiger partial charge in [-0.2, -0.15) is 0 Å². The van der Waals surface area contributed by atoms with Gasteiger partial charge in [0.1, 0.15) is 5.82 Å². The molecule has 0 amide bonds. The third-order valence-electron chi connectivity index (χ3n) is 2.86. The fourth-order valence-corrected chi connectivity index (χ4v) is 1.90. The van der Waals surface area contributed by atoms with Crippen molar-refractivity contribution in [1.29, 1.82) is 0 Å². The van der Waals surface area contributed by atoms with Crippen molar-refractivity contribution in [3.63, 3.8) is 0 Å². The van der Waals surface area contributed by atoms with Crippen LogP contribution in [0.15, 0.2) is 24.3 Å². The zero-order chi connectivity index (χ0) is 15.2. The largest absolute Gasteiger partial charge is 0.493 e. The lowest BCUT2D eigenvalue weighted by Crippen LogP contribution is -2.11. The number of nitrogen functional groups attached to an aromatic ring is 1. The molecular formula is C14H18N4O3. The van der Waals surface area contributed by atoms with Gasteiger partial charge in [-0.25, -0.2) is 15.8 Å². The van der Waals surface area contributed by atoms with Gasteiger partial charge in [-0.15, -0.1) is 0 Å². The Kier molecular flexibility index (Phi) is 4.91. The Morgan fingerprint density at radius 3 is 2.43 bits per heavy atom. The molecule has 2 rings (SSSR count). The predicted octanol–water partition coefficient (Wildman–Crippen LogP) is 1.59. The molecule has 0 radical (unpaired) electrons. The van der Waals surface area contributed by atoms with E-state index < -0.39 is 0 Å². The number of hydrazine groups is 1. The summed E-state index contributed by atoms with van der Waals surface area (Å²) in [6.07, 6.45) is 0. The van der Waals surface area contributed by atoms with Crippen molar-refractivity contribution in [2.24, 2.45) is 5.84 Å². The van der Waals surface area contributed by atoms with Gasteiger partial charge in [-0.1, -0.05) is 0 Å². The van der Waals surface area contributed by atoms with Gasteiger partial charge >= 0.3 is 0 Å². The number of anilines is 1. The number of nitrogens with two attached hydrogens (primary N) is 1. The first-order chi connectivity index (χ1) is 10.2. The van der Waals surface area contributed by atoms with Crippen molar-refractivity contribution in [3.05, 3.63) is 30.0 Å². The molecule has 0 unspecified atom stereocenters. The minimum Gasteiger partial charge on any atom is -0.493 e. The average molecular weight is 290 g/mol. The van der Waals surface area contributed by atoms with Gasteiger partial charge in [0.15, 0.2) is 17.3 Å². The lowest BCUT2D eigenvalue weighted by molar-refractivity contribution is 0.181. The molecule has 1 aromatic heterocycles. The number of methoxy groups -OCH3 is 3. The molecule has 0 aliphatic rings. The molecule has 7 heteroatoms. The van der Waals surface area contributed by atoms with Crippen LogP contribution in [0.25, 0.3) is 11.4 Å². The van der Waals surface area contributed by atoms with E-state index in [4.69, 9.17) is 20.1 Å². The predicted molar refractivity (Wildman–Crippen MR) is 79.1 cm³/mol. The van der Waals surface area contributed by atoms with Crippen LogP contribution in [0.5, 0.6) is 11.5 Å². The molecule has 0 aliphatic carbocycles. The minimum atomic E-state index is 0.373. The zero-order valence-electron chi connectivity index (χ0n) is 12.2. The van der Waals surface area contributed by atoms with Gasteiger partial charge in [0, 0.05) is 18.7 Å². The van der Waals surface area contributed by atoms with Crippen LogP contribution in [-0.2, 0) is 11.3 Å². The third-order valence-corrected chi connectivity index (χ3v) is 2.86. The van der Waals surface area contributed by atoms with Crippen LogP contribution in [0.1, 0.15) is 5.69 Å². The van der Waals surface area contributed by atoms with E-state index in [1.54, 1.807) is 33.5 Å². The van der Waals surface area contributed by atoms with E-state index >= 15 is 0 Å². The highest BCUT2D eigenvalue weighted by Crippen LogP contribution is 2.31. The maximum Gasteiger partial charge on any atom is 0.162 e. The number of hydrogen-bond acceptors (Lipinski definition) is 7. The number of nitrogens with one attached hydrogen (secondary N) is 1. The fraction of sp³-hybridized carbons (Fsp3) is 0.286. The molecule has 112 valence electrons. The number of benzene rings is 1. The first-order valence-electron chi connectivity index (χ1n) is 6.27. The summed E-state index contributed by atoms with van der Waals surface area (Å²) in [6, 6.07) is 7.20. The second-order valence-corrected chi connectivity index (χ2v) is 4.22. The number of rotatable bonds is 6. The highest BCUT2D eigenvalue weighted by atomic mass is 16.5. The fourth-order valence-electron chi connectivity index (χ4n) is 1.90. The Balaban J connectivity index is 2.47. The quantitative estimate of drug-likeness (QED) is 0.616. The summed E-state index contributed by atoms with van der Waals surface area (Å²) < 4.78 is 15.6. The van der Waals surface area contributed by atoms with Crippen molar-refractivity contribution in [2.75, 3.05) is 26.8 Å². The normalized spacial score (nSPS) is 10.3. The van der Waals surface area contributed by atoms with E-state index in [1.165, 1.54) is 0 Å². The van der Waals surface area contributed by atoms with Gasteiger partial charge in [0.25, 0.3) is 0 Å². The number of aromatic nitrogens is 2. The minimum absolute atomic E-state index is 0.373. The average Bonchev–Trinajstić information content (AvgIpc) is 2.54. The molecule has 1 heterocycles. The Hall–Kier alpha value is -2.38. The van der Waals surface area contributed by atoms with Crippen LogP contribution in [0.4, 0.5) is 5.82 Å². The van der Waals surface area contributed by atoms with Crippen molar-refractivity contribution in [3.8, 4) is 22.9 Å². The van der Waals surface area contributed by atoms with E-state index in [9.17, 15) is 0 Å². The highest BCUT2D eigenvalue weighted by molar-refractivity contribution is 5.62. The van der Waals surface area contributed by atoms with Gasteiger partial charge in [-0.05, 0) is 18.2 Å². The monoisotopic (exact) mass is 290 g/mol. The van der Waals surface area contributed by atoms with Crippen LogP contribution in [0, 0.1) is 0 Å². The Labute approximate surface area is 123 Å². The Morgan fingerprint density at radius 2 is 1.81 bits per heavy atom. The molecule has 7 nitrogen and oxygen atoms in total. The molecule has 2 aromatic rings. The molecule has 1 aromatic carbocycles. The van der Waals surface area contributed by atoms with Crippen molar-refractivity contribution in [2.45, 2.75) is 6.61 Å². The summed E-state index contributed by atoms with van der Waals surface area (Å²) in [4.78, 5) is 8.78. The van der Waals surface area contributed by atoms with Crippen LogP contribution in [0.3, 0.4) is 0 Å². The van der Waals surface area contributed by atoms with E-state index in [-0.39, 0.29) is 0 Å². The highest BCUT2D eigenvalue weighted by Gasteiger charge is 2.10.